The fourth-order valence-electron chi connectivity index (χ4n) is 2.33. The maximum absolute atomic E-state index is 14.2. The second-order valence-electron chi connectivity index (χ2n) is 5.22. The van der Waals surface area contributed by atoms with E-state index in [0.29, 0.717) is 18.3 Å². The molecule has 0 aliphatic carbocycles. The molecule has 0 bridgehead atoms. The Bertz CT molecular complexity index is 676. The van der Waals surface area contributed by atoms with Gasteiger partial charge in [0.25, 0.3) is 0 Å². The molecule has 0 saturated heterocycles. The highest BCUT2D eigenvalue weighted by molar-refractivity contribution is 5.81. The van der Waals surface area contributed by atoms with Gasteiger partial charge < -0.3 is 15.2 Å². The van der Waals surface area contributed by atoms with Crippen LogP contribution in [-0.4, -0.2) is 28.1 Å². The summed E-state index contributed by atoms with van der Waals surface area (Å²) in [7, 11) is 0. The lowest BCUT2D eigenvalue weighted by atomic mass is 10.2. The Labute approximate surface area is 122 Å². The summed E-state index contributed by atoms with van der Waals surface area (Å²) >= 11 is 0. The standard InChI is InChI=1S/C15H18FN5/c1-10-8-18-15(20-10)19-9-12-3-4-14(13(16)7-12)21-6-5-17-11(21)2/h3-7,10H,8-9H2,1-2H3,(H2,18,19,20). The largest absolute Gasteiger partial charge is 0.352 e. The molecule has 3 rings (SSSR count). The molecule has 5 nitrogen and oxygen atoms in total. The fraction of sp³-hybridized carbons (Fsp3) is 0.333. The van der Waals surface area contributed by atoms with Gasteiger partial charge in [0.1, 0.15) is 11.6 Å². The van der Waals surface area contributed by atoms with Gasteiger partial charge in [0, 0.05) is 25.0 Å². The smallest absolute Gasteiger partial charge is 0.191 e. The molecular weight excluding hydrogens is 269 g/mol. The maximum Gasteiger partial charge on any atom is 0.191 e. The van der Waals surface area contributed by atoms with E-state index in [-0.39, 0.29) is 5.82 Å². The molecule has 6 heteroatoms. The number of halogens is 1. The zero-order chi connectivity index (χ0) is 14.8. The van der Waals surface area contributed by atoms with Gasteiger partial charge in [-0.2, -0.15) is 0 Å². The minimum Gasteiger partial charge on any atom is -0.352 e. The molecule has 0 radical (unpaired) electrons. The highest BCUT2D eigenvalue weighted by atomic mass is 19.1. The first kappa shape index (κ1) is 13.6. The first-order valence-corrected chi connectivity index (χ1v) is 6.97. The van der Waals surface area contributed by atoms with Gasteiger partial charge in [0.15, 0.2) is 5.96 Å². The minimum absolute atomic E-state index is 0.259. The fourth-order valence-corrected chi connectivity index (χ4v) is 2.33. The highest BCUT2D eigenvalue weighted by Gasteiger charge is 2.12. The van der Waals surface area contributed by atoms with E-state index in [1.54, 1.807) is 29.1 Å². The van der Waals surface area contributed by atoms with Gasteiger partial charge in [-0.3, -0.25) is 4.99 Å². The zero-order valence-electron chi connectivity index (χ0n) is 12.1. The Hall–Kier alpha value is -2.37. The number of nitrogens with one attached hydrogen (secondary N) is 2. The molecule has 0 fully saturated rings. The van der Waals surface area contributed by atoms with E-state index in [2.05, 4.69) is 27.5 Å². The number of imidazole rings is 1. The van der Waals surface area contributed by atoms with Crippen molar-refractivity contribution in [3.63, 3.8) is 0 Å². The van der Waals surface area contributed by atoms with E-state index < -0.39 is 0 Å². The number of aromatic nitrogens is 2. The van der Waals surface area contributed by atoms with Crippen LogP contribution in [0.5, 0.6) is 0 Å². The van der Waals surface area contributed by atoms with Crippen LogP contribution >= 0.6 is 0 Å². The lowest BCUT2D eigenvalue weighted by Crippen LogP contribution is -2.37. The number of rotatable bonds is 3. The van der Waals surface area contributed by atoms with Crippen LogP contribution in [0.4, 0.5) is 4.39 Å². The van der Waals surface area contributed by atoms with Crippen LogP contribution in [-0.2, 0) is 6.54 Å². The van der Waals surface area contributed by atoms with Gasteiger partial charge in [-0.25, -0.2) is 9.37 Å². The molecule has 0 amide bonds. The molecule has 0 spiro atoms. The van der Waals surface area contributed by atoms with Crippen molar-refractivity contribution in [2.24, 2.45) is 4.99 Å². The van der Waals surface area contributed by atoms with Gasteiger partial charge in [-0.15, -0.1) is 0 Å². The zero-order valence-corrected chi connectivity index (χ0v) is 12.1. The summed E-state index contributed by atoms with van der Waals surface area (Å²) in [6.45, 7) is 5.23. The van der Waals surface area contributed by atoms with Gasteiger partial charge in [-0.05, 0) is 31.5 Å². The van der Waals surface area contributed by atoms with Crippen LogP contribution in [0.2, 0.25) is 0 Å². The maximum atomic E-state index is 14.2. The minimum atomic E-state index is -0.259. The lowest BCUT2D eigenvalue weighted by Gasteiger charge is -2.11. The van der Waals surface area contributed by atoms with Gasteiger partial charge in [-0.1, -0.05) is 6.07 Å². The van der Waals surface area contributed by atoms with Crippen molar-refractivity contribution < 1.29 is 4.39 Å². The molecule has 1 unspecified atom stereocenters. The number of hydrogen-bond acceptors (Lipinski definition) is 4. The molecule has 1 aromatic carbocycles. The molecule has 1 aromatic heterocycles. The topological polar surface area (TPSA) is 54.2 Å². The quantitative estimate of drug-likeness (QED) is 0.904. The predicted octanol–water partition coefficient (Wildman–Crippen LogP) is 1.76. The Morgan fingerprint density at radius 2 is 2.33 bits per heavy atom. The summed E-state index contributed by atoms with van der Waals surface area (Å²) in [5.41, 5.74) is 1.39. The van der Waals surface area contributed by atoms with Crippen LogP contribution in [0.1, 0.15) is 18.3 Å². The molecular formula is C15H18FN5. The Balaban J connectivity index is 1.71. The number of guanidine groups is 1. The normalized spacial score (nSPS) is 17.5. The van der Waals surface area contributed by atoms with Crippen molar-refractivity contribution in [1.82, 2.24) is 20.2 Å². The van der Waals surface area contributed by atoms with Crippen molar-refractivity contribution in [2.45, 2.75) is 26.4 Å². The van der Waals surface area contributed by atoms with Gasteiger partial charge in [0.05, 0.1) is 12.2 Å². The second kappa shape index (κ2) is 5.55. The van der Waals surface area contributed by atoms with Crippen LogP contribution in [0.3, 0.4) is 0 Å². The Kier molecular flexibility index (Phi) is 3.60. The number of benzene rings is 1. The van der Waals surface area contributed by atoms with Gasteiger partial charge in [0.2, 0.25) is 0 Å². The monoisotopic (exact) mass is 287 g/mol. The van der Waals surface area contributed by atoms with E-state index in [0.717, 1.165) is 23.9 Å². The van der Waals surface area contributed by atoms with E-state index in [4.69, 9.17) is 0 Å². The SMILES string of the molecule is Cc1nccn1-c1ccc(CNC2=NCC(C)N2)cc1F. The molecule has 1 aliphatic rings. The van der Waals surface area contributed by atoms with E-state index in [1.165, 1.54) is 0 Å². The van der Waals surface area contributed by atoms with Crippen LogP contribution in [0.25, 0.3) is 5.69 Å². The van der Waals surface area contributed by atoms with Crippen LogP contribution < -0.4 is 10.6 Å². The number of aryl methyl sites for hydroxylation is 1. The molecule has 2 heterocycles. The molecule has 21 heavy (non-hydrogen) atoms. The van der Waals surface area contributed by atoms with Crippen molar-refractivity contribution in [3.8, 4) is 5.69 Å². The van der Waals surface area contributed by atoms with Gasteiger partial charge >= 0.3 is 0 Å². The summed E-state index contributed by atoms with van der Waals surface area (Å²) in [4.78, 5) is 8.42. The summed E-state index contributed by atoms with van der Waals surface area (Å²) < 4.78 is 16.0. The summed E-state index contributed by atoms with van der Waals surface area (Å²) in [6.07, 6.45) is 3.42. The van der Waals surface area contributed by atoms with Crippen LogP contribution in [0.15, 0.2) is 35.6 Å². The van der Waals surface area contributed by atoms with E-state index >= 15 is 0 Å². The van der Waals surface area contributed by atoms with Crippen molar-refractivity contribution in [2.75, 3.05) is 6.54 Å². The van der Waals surface area contributed by atoms with E-state index in [9.17, 15) is 4.39 Å². The Morgan fingerprint density at radius 1 is 1.48 bits per heavy atom. The average Bonchev–Trinajstić information content (AvgIpc) is 3.06. The van der Waals surface area contributed by atoms with Crippen molar-refractivity contribution >= 4 is 5.96 Å². The molecule has 110 valence electrons. The molecule has 1 atom stereocenters. The van der Waals surface area contributed by atoms with Crippen molar-refractivity contribution in [1.29, 1.82) is 0 Å². The lowest BCUT2D eigenvalue weighted by molar-refractivity contribution is 0.613. The third-order valence-corrected chi connectivity index (χ3v) is 3.46. The second-order valence-corrected chi connectivity index (χ2v) is 5.22. The Morgan fingerprint density at radius 3 is 2.95 bits per heavy atom. The third kappa shape index (κ3) is 2.89. The third-order valence-electron chi connectivity index (χ3n) is 3.46. The van der Waals surface area contributed by atoms with E-state index in [1.807, 2.05) is 13.0 Å². The average molecular weight is 287 g/mol. The molecule has 2 aromatic rings. The first-order valence-electron chi connectivity index (χ1n) is 6.97. The summed E-state index contributed by atoms with van der Waals surface area (Å²) in [5.74, 6) is 1.28. The summed E-state index contributed by atoms with van der Waals surface area (Å²) in [6, 6.07) is 5.58. The number of nitrogens with zero attached hydrogens (tertiary/aromatic N) is 3. The highest BCUT2D eigenvalue weighted by Crippen LogP contribution is 2.16. The summed E-state index contributed by atoms with van der Waals surface area (Å²) in [5, 5.41) is 6.39. The number of aliphatic imine (C=N–C) groups is 1. The first-order chi connectivity index (χ1) is 10.1. The molecule has 1 aliphatic heterocycles. The number of hydrogen-bond donors (Lipinski definition) is 2. The predicted molar refractivity (Wildman–Crippen MR) is 80.0 cm³/mol. The molecule has 0 saturated carbocycles. The molecule has 2 N–H and O–H groups in total. The van der Waals surface area contributed by atoms with Crippen LogP contribution in [0, 0.1) is 12.7 Å². The van der Waals surface area contributed by atoms with Crippen molar-refractivity contribution in [3.05, 3.63) is 47.8 Å².